The van der Waals surface area contributed by atoms with Gasteiger partial charge >= 0.3 is 11.4 Å². The first-order chi connectivity index (χ1) is 18.6. The van der Waals surface area contributed by atoms with E-state index in [-0.39, 0.29) is 29.9 Å². The summed E-state index contributed by atoms with van der Waals surface area (Å²) in [7, 11) is 1.40. The van der Waals surface area contributed by atoms with Crippen LogP contribution in [0.3, 0.4) is 0 Å². The average molecular weight is 636 g/mol. The minimum absolute atomic E-state index is 0.0171. The van der Waals surface area contributed by atoms with Crippen LogP contribution in [0.1, 0.15) is 23.9 Å². The molecule has 0 bridgehead atoms. The van der Waals surface area contributed by atoms with Gasteiger partial charge in [-0.05, 0) is 23.8 Å². The van der Waals surface area contributed by atoms with Crippen molar-refractivity contribution >= 4 is 50.9 Å². The first kappa shape index (κ1) is 26.0. The molecule has 2 aliphatic heterocycles. The summed E-state index contributed by atoms with van der Waals surface area (Å²) in [5.74, 6) is -2.31. The van der Waals surface area contributed by atoms with Gasteiger partial charge in [0.05, 0.1) is 30.8 Å². The van der Waals surface area contributed by atoms with E-state index in [9.17, 15) is 24.3 Å². The monoisotopic (exact) mass is 634 g/mol. The Kier molecular flexibility index (Phi) is 5.91. The number of ether oxygens (including phenoxy) is 1. The molecule has 0 spiro atoms. The van der Waals surface area contributed by atoms with Gasteiger partial charge in [-0.15, -0.1) is 23.2 Å². The van der Waals surface area contributed by atoms with E-state index in [4.69, 9.17) is 27.9 Å². The van der Waals surface area contributed by atoms with Gasteiger partial charge in [0.25, 0.3) is 11.8 Å². The molecule has 13 heteroatoms. The lowest BCUT2D eigenvalue weighted by molar-refractivity contribution is -0.138. The number of alkyl halides is 3. The Bertz CT molecular complexity index is 1700. The number of amides is 2. The van der Waals surface area contributed by atoms with E-state index in [0.29, 0.717) is 16.8 Å². The molecule has 1 N–H and O–H groups in total. The van der Waals surface area contributed by atoms with Crippen LogP contribution in [0.4, 0.5) is 0 Å². The van der Waals surface area contributed by atoms with Crippen LogP contribution in [0.15, 0.2) is 69.8 Å². The molecule has 2 amide bonds. The number of allylic oxidation sites excluding steroid dienone is 2. The summed E-state index contributed by atoms with van der Waals surface area (Å²) in [4.78, 5) is 51.7. The molecule has 10 nitrogen and oxygen atoms in total. The SMILES string of the molecule is COc1cc(O)ccc1C1C2=CCn3c(=O)n(-c4ccccc4)c(=O)n3C2CC2(Cl)C(=O)N(CBr)C(=O)C12Cl. The predicted octanol–water partition coefficient (Wildman–Crippen LogP) is 2.86. The molecule has 4 atom stereocenters. The predicted molar refractivity (Wildman–Crippen MR) is 146 cm³/mol. The topological polar surface area (TPSA) is 116 Å². The highest BCUT2D eigenvalue weighted by Crippen LogP contribution is 2.64. The van der Waals surface area contributed by atoms with Crippen molar-refractivity contribution in [3.63, 3.8) is 0 Å². The van der Waals surface area contributed by atoms with Crippen molar-refractivity contribution in [3.8, 4) is 17.2 Å². The van der Waals surface area contributed by atoms with Gasteiger partial charge in [-0.1, -0.05) is 46.3 Å². The molecular weight excluding hydrogens is 615 g/mol. The number of fused-ring (bicyclic) bond motifs is 4. The lowest BCUT2D eigenvalue weighted by Crippen LogP contribution is -2.59. The first-order valence-electron chi connectivity index (χ1n) is 12.0. The zero-order valence-electron chi connectivity index (χ0n) is 20.4. The highest BCUT2D eigenvalue weighted by molar-refractivity contribution is 9.09. The fraction of sp³-hybridized carbons (Fsp3) is 0.308. The number of halogens is 3. The second-order valence-electron chi connectivity index (χ2n) is 9.62. The summed E-state index contributed by atoms with van der Waals surface area (Å²) in [5.41, 5.74) is 0.0228. The van der Waals surface area contributed by atoms with Crippen LogP contribution in [-0.4, -0.2) is 58.1 Å². The zero-order valence-corrected chi connectivity index (χ0v) is 23.5. The van der Waals surface area contributed by atoms with E-state index in [1.165, 1.54) is 28.6 Å². The third-order valence-electron chi connectivity index (χ3n) is 7.82. The largest absolute Gasteiger partial charge is 0.508 e. The summed E-state index contributed by atoms with van der Waals surface area (Å²) in [6, 6.07) is 12.0. The third-order valence-corrected chi connectivity index (χ3v) is 9.74. The van der Waals surface area contributed by atoms with E-state index in [2.05, 4.69) is 15.9 Å². The molecule has 6 rings (SSSR count). The molecule has 39 heavy (non-hydrogen) atoms. The van der Waals surface area contributed by atoms with Crippen LogP contribution in [-0.2, 0) is 16.1 Å². The molecule has 202 valence electrons. The number of hydrogen-bond acceptors (Lipinski definition) is 6. The Morgan fingerprint density at radius 3 is 2.44 bits per heavy atom. The van der Waals surface area contributed by atoms with E-state index in [1.54, 1.807) is 42.5 Å². The third kappa shape index (κ3) is 3.26. The summed E-state index contributed by atoms with van der Waals surface area (Å²) in [6.45, 7) is 0.0171. The minimum atomic E-state index is -1.99. The Hall–Kier alpha value is -3.28. The van der Waals surface area contributed by atoms with Crippen LogP contribution in [0.25, 0.3) is 5.69 Å². The summed E-state index contributed by atoms with van der Waals surface area (Å²) >= 11 is 17.5. The van der Waals surface area contributed by atoms with Gasteiger partial charge in [0.1, 0.15) is 11.5 Å². The molecule has 1 aromatic heterocycles. The highest BCUT2D eigenvalue weighted by atomic mass is 79.9. The Labute approximate surface area is 239 Å². The fourth-order valence-corrected chi connectivity index (χ4v) is 7.49. The summed E-state index contributed by atoms with van der Waals surface area (Å²) < 4.78 is 9.18. The van der Waals surface area contributed by atoms with Crippen LogP contribution in [0.2, 0.25) is 0 Å². The maximum Gasteiger partial charge on any atom is 0.352 e. The number of hydrogen-bond donors (Lipinski definition) is 1. The zero-order chi connectivity index (χ0) is 27.9. The van der Waals surface area contributed by atoms with Crippen LogP contribution in [0.5, 0.6) is 11.5 Å². The lowest BCUT2D eigenvalue weighted by atomic mass is 9.64. The second-order valence-corrected chi connectivity index (χ2v) is 11.4. The number of methoxy groups -OCH3 is 1. The molecule has 3 aliphatic rings. The maximum absolute atomic E-state index is 13.8. The average Bonchev–Trinajstić information content (AvgIpc) is 3.27. The minimum Gasteiger partial charge on any atom is -0.508 e. The van der Waals surface area contributed by atoms with Crippen molar-refractivity contribution in [2.75, 3.05) is 12.6 Å². The Morgan fingerprint density at radius 1 is 1.05 bits per heavy atom. The maximum atomic E-state index is 13.8. The molecule has 0 radical (unpaired) electrons. The Morgan fingerprint density at radius 2 is 1.77 bits per heavy atom. The van der Waals surface area contributed by atoms with Crippen LogP contribution >= 0.6 is 39.1 Å². The lowest BCUT2D eigenvalue weighted by Gasteiger charge is -2.49. The van der Waals surface area contributed by atoms with E-state index in [0.717, 1.165) is 9.47 Å². The smallest absolute Gasteiger partial charge is 0.352 e. The van der Waals surface area contributed by atoms with Crippen molar-refractivity contribution in [1.29, 1.82) is 0 Å². The molecular formula is C26H21BrCl2N4O6. The number of carbonyl (C=O) groups excluding carboxylic acids is 2. The van der Waals surface area contributed by atoms with Crippen molar-refractivity contribution in [2.24, 2.45) is 0 Å². The van der Waals surface area contributed by atoms with Crippen molar-refractivity contribution in [1.82, 2.24) is 18.8 Å². The number of aromatic nitrogens is 3. The van der Waals surface area contributed by atoms with Gasteiger partial charge in [-0.25, -0.2) is 23.5 Å². The molecule has 1 saturated heterocycles. The number of carbonyl (C=O) groups is 2. The van der Waals surface area contributed by atoms with Crippen molar-refractivity contribution in [3.05, 3.63) is 86.7 Å². The fourth-order valence-electron chi connectivity index (χ4n) is 6.10. The number of phenolic OH excluding ortho intramolecular Hbond substituents is 1. The van der Waals surface area contributed by atoms with Crippen molar-refractivity contribution in [2.45, 2.75) is 34.7 Å². The van der Waals surface area contributed by atoms with Crippen LogP contribution in [0, 0.1) is 0 Å². The molecule has 1 saturated carbocycles. The number of aromatic hydroxyl groups is 1. The highest BCUT2D eigenvalue weighted by Gasteiger charge is 2.75. The molecule has 3 heterocycles. The number of phenols is 1. The number of benzene rings is 2. The van der Waals surface area contributed by atoms with Gasteiger partial charge in [0.15, 0.2) is 9.75 Å². The molecule has 3 aromatic rings. The second kappa shape index (κ2) is 8.87. The molecule has 4 unspecified atom stereocenters. The van der Waals surface area contributed by atoms with E-state index < -0.39 is 44.9 Å². The molecule has 2 aromatic carbocycles. The number of rotatable bonds is 4. The summed E-state index contributed by atoms with van der Waals surface area (Å²) in [6.07, 6.45) is 1.53. The van der Waals surface area contributed by atoms with Gasteiger partial charge in [-0.3, -0.25) is 14.5 Å². The van der Waals surface area contributed by atoms with E-state index >= 15 is 0 Å². The van der Waals surface area contributed by atoms with Crippen LogP contribution < -0.4 is 16.1 Å². The van der Waals surface area contributed by atoms with Crippen molar-refractivity contribution < 1.29 is 19.4 Å². The normalized spacial score (nSPS) is 27.6. The molecule has 1 aliphatic carbocycles. The first-order valence-corrected chi connectivity index (χ1v) is 13.8. The number of likely N-dealkylation sites (tertiary alicyclic amines) is 1. The quantitative estimate of drug-likeness (QED) is 0.204. The van der Waals surface area contributed by atoms with Gasteiger partial charge in [0, 0.05) is 24.0 Å². The van der Waals surface area contributed by atoms with Gasteiger partial charge in [0.2, 0.25) is 0 Å². The summed E-state index contributed by atoms with van der Waals surface area (Å²) in [5, 5.41) is 10.1. The number of para-hydroxylation sites is 1. The number of nitrogens with zero attached hydrogens (tertiary/aromatic N) is 4. The number of imide groups is 1. The van der Waals surface area contributed by atoms with Gasteiger partial charge < -0.3 is 9.84 Å². The Balaban J connectivity index is 1.64. The standard InChI is InChI=1S/C26H21BrCl2N4O6/c1-39-19-11-15(34)7-8-17(19)20-16-9-10-31-23(37)32(14-5-3-2-4-6-14)24(38)33(31)18(16)12-25(28)21(35)30(13-27)22(36)26(20,25)29/h2-9,11,18,20,34H,10,12-13H2,1H3. The van der Waals surface area contributed by atoms with Gasteiger partial charge in [-0.2, -0.15) is 0 Å². The molecule has 2 fully saturated rings. The van der Waals surface area contributed by atoms with E-state index in [1.807, 2.05) is 0 Å².